The summed E-state index contributed by atoms with van der Waals surface area (Å²) in [6.07, 6.45) is 3.71. The van der Waals surface area contributed by atoms with Crippen molar-refractivity contribution in [3.05, 3.63) is 66.4 Å². The quantitative estimate of drug-likeness (QED) is 0.500. The smallest absolute Gasteiger partial charge is 0.321 e. The van der Waals surface area contributed by atoms with Gasteiger partial charge in [0.15, 0.2) is 0 Å². The largest absolute Gasteiger partial charge is 0.370 e. The molecule has 1 fully saturated rings. The lowest BCUT2D eigenvalue weighted by molar-refractivity contribution is 0.222. The molecule has 2 radical (unpaired) electrons. The molecule has 0 aliphatic carbocycles. The van der Waals surface area contributed by atoms with E-state index in [0.717, 1.165) is 37.3 Å². The van der Waals surface area contributed by atoms with E-state index in [2.05, 4.69) is 45.0 Å². The Balaban J connectivity index is 1.39. The first-order valence-electron chi connectivity index (χ1n) is 10.9. The first kappa shape index (κ1) is 21.7. The third kappa shape index (κ3) is 5.57. The predicted molar refractivity (Wildman–Crippen MR) is 130 cm³/mol. The third-order valence-electron chi connectivity index (χ3n) is 5.52. The maximum atomic E-state index is 12.3. The van der Waals surface area contributed by atoms with E-state index < -0.39 is 0 Å². The highest BCUT2D eigenvalue weighted by atomic mass is 16.2. The molecule has 3 aromatic rings. The lowest BCUT2D eigenvalue weighted by atomic mass is 9.98. The van der Waals surface area contributed by atoms with Crippen LogP contribution in [-0.2, 0) is 0 Å². The number of rotatable bonds is 7. The highest BCUT2D eigenvalue weighted by Crippen LogP contribution is 2.20. The van der Waals surface area contributed by atoms with Crippen molar-refractivity contribution in [2.75, 3.05) is 35.6 Å². The summed E-state index contributed by atoms with van der Waals surface area (Å²) in [4.78, 5) is 23.0. The number of benzene rings is 2. The summed E-state index contributed by atoms with van der Waals surface area (Å²) in [5, 5.41) is 9.47. The van der Waals surface area contributed by atoms with Crippen molar-refractivity contribution >= 4 is 42.5 Å². The molecule has 4 rings (SSSR count). The Kier molecular flexibility index (Phi) is 6.89. The molecule has 1 aromatic heterocycles. The van der Waals surface area contributed by atoms with Gasteiger partial charge < -0.3 is 20.9 Å². The van der Waals surface area contributed by atoms with E-state index in [4.69, 9.17) is 7.85 Å². The van der Waals surface area contributed by atoms with Crippen molar-refractivity contribution in [3.63, 3.8) is 0 Å². The molecule has 32 heavy (non-hydrogen) atoms. The zero-order valence-electron chi connectivity index (χ0n) is 18.2. The summed E-state index contributed by atoms with van der Waals surface area (Å²) < 4.78 is 0. The van der Waals surface area contributed by atoms with Gasteiger partial charge in [0, 0.05) is 37.2 Å². The fraction of sp³-hybridized carbons (Fsp3) is 0.292. The van der Waals surface area contributed by atoms with E-state index in [-0.39, 0.29) is 6.03 Å². The molecule has 0 bridgehead atoms. The van der Waals surface area contributed by atoms with Crippen molar-refractivity contribution in [3.8, 4) is 0 Å². The van der Waals surface area contributed by atoms with Crippen LogP contribution in [0.2, 0.25) is 0 Å². The van der Waals surface area contributed by atoms with Crippen LogP contribution in [0.1, 0.15) is 31.2 Å². The number of nitrogens with one attached hydrogen (secondary N) is 3. The Bertz CT molecular complexity index is 1060. The van der Waals surface area contributed by atoms with Crippen LogP contribution in [-0.4, -0.2) is 48.4 Å². The van der Waals surface area contributed by atoms with Crippen LogP contribution >= 0.6 is 0 Å². The zero-order chi connectivity index (χ0) is 22.3. The molecule has 0 saturated carbocycles. The van der Waals surface area contributed by atoms with Gasteiger partial charge in [0.1, 0.15) is 13.7 Å². The van der Waals surface area contributed by atoms with Crippen LogP contribution in [0, 0.1) is 0 Å². The minimum atomic E-state index is -0.0672. The normalized spacial score (nSPS) is 14.1. The van der Waals surface area contributed by atoms with Gasteiger partial charge in [-0.3, -0.25) is 0 Å². The average molecular weight is 426 g/mol. The van der Waals surface area contributed by atoms with Gasteiger partial charge in [0.25, 0.3) is 0 Å². The van der Waals surface area contributed by atoms with E-state index in [9.17, 15) is 4.79 Å². The minimum absolute atomic E-state index is 0.0672. The Hall–Kier alpha value is -3.55. The summed E-state index contributed by atoms with van der Waals surface area (Å²) in [5.74, 6) is 1.32. The summed E-state index contributed by atoms with van der Waals surface area (Å²) in [7, 11) is 6.08. The molecule has 1 aliphatic heterocycles. The zero-order valence-corrected chi connectivity index (χ0v) is 18.2. The first-order valence-corrected chi connectivity index (χ1v) is 10.9. The molecular formula is C24H27BN6O. The van der Waals surface area contributed by atoms with Crippen molar-refractivity contribution in [1.82, 2.24) is 14.9 Å². The van der Waals surface area contributed by atoms with Gasteiger partial charge in [0.05, 0.1) is 0 Å². The molecule has 0 spiro atoms. The second-order valence-corrected chi connectivity index (χ2v) is 8.02. The van der Waals surface area contributed by atoms with E-state index in [1.165, 1.54) is 5.56 Å². The number of hydrogen-bond acceptors (Lipinski definition) is 5. The second kappa shape index (κ2) is 10.2. The first-order chi connectivity index (χ1) is 15.6. The molecule has 1 atom stereocenters. The maximum absolute atomic E-state index is 12.3. The van der Waals surface area contributed by atoms with Crippen LogP contribution in [0.5, 0.6) is 0 Å². The van der Waals surface area contributed by atoms with Crippen LogP contribution in [0.15, 0.2) is 60.8 Å². The van der Waals surface area contributed by atoms with Gasteiger partial charge >= 0.3 is 6.03 Å². The summed E-state index contributed by atoms with van der Waals surface area (Å²) >= 11 is 0. The van der Waals surface area contributed by atoms with Gasteiger partial charge in [-0.2, -0.15) is 4.98 Å². The highest BCUT2D eigenvalue weighted by molar-refractivity contribution is 6.35. The number of likely N-dealkylation sites (tertiary alicyclic amines) is 1. The minimum Gasteiger partial charge on any atom is -0.370 e. The molecule has 1 unspecified atom stereocenters. The molecule has 1 saturated heterocycles. The topological polar surface area (TPSA) is 82.2 Å². The summed E-state index contributed by atoms with van der Waals surface area (Å²) in [5.41, 5.74) is 3.23. The predicted octanol–water partition coefficient (Wildman–Crippen LogP) is 3.86. The van der Waals surface area contributed by atoms with E-state index in [1.54, 1.807) is 6.20 Å². The Morgan fingerprint density at radius 1 is 1.09 bits per heavy atom. The molecule has 2 amide bonds. The molecule has 1 aliphatic rings. The van der Waals surface area contributed by atoms with E-state index >= 15 is 0 Å². The van der Waals surface area contributed by atoms with Crippen molar-refractivity contribution < 1.29 is 4.79 Å². The van der Waals surface area contributed by atoms with Gasteiger partial charge in [-0.15, -0.1) is 0 Å². The van der Waals surface area contributed by atoms with Gasteiger partial charge in [-0.1, -0.05) is 43.3 Å². The van der Waals surface area contributed by atoms with Crippen LogP contribution < -0.4 is 21.4 Å². The second-order valence-electron chi connectivity index (χ2n) is 8.02. The summed E-state index contributed by atoms with van der Waals surface area (Å²) in [6.45, 7) is 4.47. The Labute approximate surface area is 190 Å². The molecule has 7 nitrogen and oxygen atoms in total. The van der Waals surface area contributed by atoms with E-state index in [0.29, 0.717) is 29.7 Å². The molecule has 2 heterocycles. The highest BCUT2D eigenvalue weighted by Gasteiger charge is 2.17. The molecule has 162 valence electrons. The summed E-state index contributed by atoms with van der Waals surface area (Å²) in [6, 6.07) is 17.7. The van der Waals surface area contributed by atoms with Crippen molar-refractivity contribution in [2.24, 2.45) is 0 Å². The lowest BCUT2D eigenvalue weighted by Gasteiger charge is -2.17. The SMILES string of the molecule is [B]c1cnc(Nc2cccc(NC(=O)N3CCCC3)c2)nc1NCC(C)c1ccccc1. The fourth-order valence-electron chi connectivity index (χ4n) is 3.67. The van der Waals surface area contributed by atoms with E-state index in [1.807, 2.05) is 47.4 Å². The van der Waals surface area contributed by atoms with Crippen molar-refractivity contribution in [1.29, 1.82) is 0 Å². The average Bonchev–Trinajstić information content (AvgIpc) is 3.35. The van der Waals surface area contributed by atoms with Crippen LogP contribution in [0.3, 0.4) is 0 Å². The fourth-order valence-corrected chi connectivity index (χ4v) is 3.67. The maximum Gasteiger partial charge on any atom is 0.321 e. The van der Waals surface area contributed by atoms with Gasteiger partial charge in [0.2, 0.25) is 5.95 Å². The lowest BCUT2D eigenvalue weighted by Crippen LogP contribution is -2.32. The number of aromatic nitrogens is 2. The number of carbonyl (C=O) groups is 1. The molecule has 8 heteroatoms. The third-order valence-corrected chi connectivity index (χ3v) is 5.52. The molecule has 3 N–H and O–H groups in total. The Morgan fingerprint density at radius 2 is 1.84 bits per heavy atom. The number of anilines is 4. The number of carbonyl (C=O) groups excluding carboxylic acids is 1. The van der Waals surface area contributed by atoms with Gasteiger partial charge in [-0.25, -0.2) is 9.78 Å². The van der Waals surface area contributed by atoms with Gasteiger partial charge in [-0.05, 0) is 48.0 Å². The number of nitrogens with zero attached hydrogens (tertiary/aromatic N) is 3. The Morgan fingerprint density at radius 3 is 2.62 bits per heavy atom. The standard InChI is InChI=1S/C24H27BN6O/c1-17(18-8-3-2-4-9-18)15-26-22-21(25)16-27-23(30-22)28-19-10-7-11-20(14-19)29-24(32)31-12-5-6-13-31/h2-4,7-11,14,16-17H,5-6,12-13,15H2,1H3,(H,29,32)(H2,26,27,28,30). The molecular weight excluding hydrogens is 399 g/mol. The number of amides is 2. The molecule has 2 aromatic carbocycles. The van der Waals surface area contributed by atoms with Crippen LogP contribution in [0.25, 0.3) is 0 Å². The monoisotopic (exact) mass is 426 g/mol. The van der Waals surface area contributed by atoms with Crippen molar-refractivity contribution in [2.45, 2.75) is 25.7 Å². The number of hydrogen-bond donors (Lipinski definition) is 3. The number of urea groups is 1. The van der Waals surface area contributed by atoms with Crippen LogP contribution in [0.4, 0.5) is 27.9 Å².